The Labute approximate surface area is 74.2 Å². The standard InChI is InChI=1S/C8H10BrNO/c1-5(10)6-2-3-8(11)7(9)4-6/h2-5,11H,10H2,1H3. The maximum atomic E-state index is 9.14. The predicted octanol–water partition coefficient (Wildman–Crippen LogP) is 2.17. The second kappa shape index (κ2) is 3.24. The van der Waals surface area contributed by atoms with Crippen molar-refractivity contribution in [1.82, 2.24) is 0 Å². The molecule has 0 saturated heterocycles. The zero-order chi connectivity index (χ0) is 8.43. The molecule has 3 heteroatoms. The molecule has 0 radical (unpaired) electrons. The van der Waals surface area contributed by atoms with Crippen LogP contribution in [-0.4, -0.2) is 5.11 Å². The highest BCUT2D eigenvalue weighted by molar-refractivity contribution is 9.10. The van der Waals surface area contributed by atoms with Gasteiger partial charge in [-0.3, -0.25) is 0 Å². The number of benzene rings is 1. The molecule has 0 spiro atoms. The third-order valence-corrected chi connectivity index (χ3v) is 2.13. The number of phenols is 1. The van der Waals surface area contributed by atoms with Crippen molar-refractivity contribution in [3.63, 3.8) is 0 Å². The average Bonchev–Trinajstić information content (AvgIpc) is 1.94. The number of phenolic OH excluding ortho intramolecular Hbond substituents is 1. The molecule has 60 valence electrons. The van der Waals surface area contributed by atoms with Gasteiger partial charge >= 0.3 is 0 Å². The lowest BCUT2D eigenvalue weighted by Gasteiger charge is -2.05. The molecule has 2 nitrogen and oxygen atoms in total. The first-order valence-corrected chi connectivity index (χ1v) is 4.14. The van der Waals surface area contributed by atoms with E-state index in [1.54, 1.807) is 6.07 Å². The monoisotopic (exact) mass is 215 g/mol. The Morgan fingerprint density at radius 2 is 2.18 bits per heavy atom. The van der Waals surface area contributed by atoms with E-state index in [9.17, 15) is 0 Å². The third-order valence-electron chi connectivity index (χ3n) is 1.50. The molecule has 11 heavy (non-hydrogen) atoms. The van der Waals surface area contributed by atoms with Gasteiger partial charge in [0.15, 0.2) is 0 Å². The molecule has 0 aliphatic heterocycles. The van der Waals surface area contributed by atoms with E-state index in [1.807, 2.05) is 19.1 Å². The normalized spacial score (nSPS) is 13.0. The predicted molar refractivity (Wildman–Crippen MR) is 48.4 cm³/mol. The van der Waals surface area contributed by atoms with E-state index in [4.69, 9.17) is 10.8 Å². The van der Waals surface area contributed by atoms with Crippen LogP contribution in [0.4, 0.5) is 0 Å². The summed E-state index contributed by atoms with van der Waals surface area (Å²) in [4.78, 5) is 0. The van der Waals surface area contributed by atoms with Crippen LogP contribution in [0.5, 0.6) is 5.75 Å². The van der Waals surface area contributed by atoms with Crippen LogP contribution in [0, 0.1) is 0 Å². The van der Waals surface area contributed by atoms with Gasteiger partial charge in [0.2, 0.25) is 0 Å². The van der Waals surface area contributed by atoms with Gasteiger partial charge in [-0.2, -0.15) is 0 Å². The fourth-order valence-corrected chi connectivity index (χ4v) is 1.20. The summed E-state index contributed by atoms with van der Waals surface area (Å²) < 4.78 is 0.687. The number of nitrogens with two attached hydrogens (primary N) is 1. The largest absolute Gasteiger partial charge is 0.507 e. The van der Waals surface area contributed by atoms with Crippen LogP contribution in [0.25, 0.3) is 0 Å². The first kappa shape index (κ1) is 8.56. The smallest absolute Gasteiger partial charge is 0.129 e. The first-order chi connectivity index (χ1) is 5.11. The molecule has 0 heterocycles. The van der Waals surface area contributed by atoms with Crippen LogP contribution >= 0.6 is 15.9 Å². The number of hydrogen-bond acceptors (Lipinski definition) is 2. The summed E-state index contributed by atoms with van der Waals surface area (Å²) in [7, 11) is 0. The molecule has 1 rings (SSSR count). The van der Waals surface area contributed by atoms with Crippen molar-refractivity contribution in [3.05, 3.63) is 28.2 Å². The Balaban J connectivity index is 3.05. The third kappa shape index (κ3) is 1.94. The Hall–Kier alpha value is -0.540. The molecule has 1 unspecified atom stereocenters. The minimum Gasteiger partial charge on any atom is -0.507 e. The summed E-state index contributed by atoms with van der Waals surface area (Å²) in [6.07, 6.45) is 0. The molecule has 0 aliphatic rings. The molecule has 1 atom stereocenters. The summed E-state index contributed by atoms with van der Waals surface area (Å²) in [6.45, 7) is 1.90. The molecular weight excluding hydrogens is 206 g/mol. The van der Waals surface area contributed by atoms with Crippen molar-refractivity contribution in [2.75, 3.05) is 0 Å². The summed E-state index contributed by atoms with van der Waals surface area (Å²) in [6, 6.07) is 5.26. The van der Waals surface area contributed by atoms with Crippen LogP contribution in [0.2, 0.25) is 0 Å². The molecule has 1 aromatic rings. The van der Waals surface area contributed by atoms with Gasteiger partial charge in [0.05, 0.1) is 4.47 Å². The Bertz CT molecular complexity index is 260. The second-order valence-electron chi connectivity index (χ2n) is 2.50. The van der Waals surface area contributed by atoms with E-state index in [1.165, 1.54) is 0 Å². The van der Waals surface area contributed by atoms with E-state index < -0.39 is 0 Å². The minimum absolute atomic E-state index is 0.00639. The molecule has 3 N–H and O–H groups in total. The fraction of sp³-hybridized carbons (Fsp3) is 0.250. The van der Waals surface area contributed by atoms with E-state index in [-0.39, 0.29) is 11.8 Å². The van der Waals surface area contributed by atoms with Gasteiger partial charge in [-0.25, -0.2) is 0 Å². The highest BCUT2D eigenvalue weighted by atomic mass is 79.9. The quantitative estimate of drug-likeness (QED) is 0.755. The number of halogens is 1. The highest BCUT2D eigenvalue weighted by Gasteiger charge is 2.02. The van der Waals surface area contributed by atoms with Crippen molar-refractivity contribution in [2.45, 2.75) is 13.0 Å². The minimum atomic E-state index is 0.00639. The van der Waals surface area contributed by atoms with Crippen LogP contribution in [0.3, 0.4) is 0 Å². The van der Waals surface area contributed by atoms with E-state index >= 15 is 0 Å². The zero-order valence-corrected chi connectivity index (χ0v) is 7.80. The Morgan fingerprint density at radius 3 is 2.64 bits per heavy atom. The summed E-state index contributed by atoms with van der Waals surface area (Å²) in [5.41, 5.74) is 6.64. The van der Waals surface area contributed by atoms with Gasteiger partial charge in [-0.15, -0.1) is 0 Å². The molecule has 0 fully saturated rings. The first-order valence-electron chi connectivity index (χ1n) is 3.35. The average molecular weight is 216 g/mol. The van der Waals surface area contributed by atoms with E-state index in [2.05, 4.69) is 15.9 Å². The van der Waals surface area contributed by atoms with E-state index in [0.717, 1.165) is 5.56 Å². The Kier molecular flexibility index (Phi) is 2.52. The lowest BCUT2D eigenvalue weighted by Crippen LogP contribution is -2.04. The fourth-order valence-electron chi connectivity index (χ4n) is 0.806. The van der Waals surface area contributed by atoms with Crippen molar-refractivity contribution < 1.29 is 5.11 Å². The lowest BCUT2D eigenvalue weighted by molar-refractivity contribution is 0.471. The van der Waals surface area contributed by atoms with Gasteiger partial charge in [0.1, 0.15) is 5.75 Å². The van der Waals surface area contributed by atoms with Gasteiger partial charge < -0.3 is 10.8 Å². The van der Waals surface area contributed by atoms with Crippen molar-refractivity contribution in [1.29, 1.82) is 0 Å². The molecule has 0 amide bonds. The summed E-state index contributed by atoms with van der Waals surface area (Å²) in [5, 5.41) is 9.14. The molecule has 0 bridgehead atoms. The van der Waals surface area contributed by atoms with Crippen LogP contribution in [0.1, 0.15) is 18.5 Å². The maximum Gasteiger partial charge on any atom is 0.129 e. The topological polar surface area (TPSA) is 46.2 Å². The van der Waals surface area contributed by atoms with Crippen molar-refractivity contribution in [2.24, 2.45) is 5.73 Å². The maximum absolute atomic E-state index is 9.14. The number of aromatic hydroxyl groups is 1. The summed E-state index contributed by atoms with van der Waals surface area (Å²) >= 11 is 3.21. The summed E-state index contributed by atoms with van der Waals surface area (Å²) in [5.74, 6) is 0.245. The second-order valence-corrected chi connectivity index (χ2v) is 3.35. The van der Waals surface area contributed by atoms with Crippen molar-refractivity contribution in [3.8, 4) is 5.75 Å². The van der Waals surface area contributed by atoms with Crippen molar-refractivity contribution >= 4 is 15.9 Å². The SMILES string of the molecule is CC(N)c1ccc(O)c(Br)c1. The molecule has 0 saturated carbocycles. The molecular formula is C8H10BrNO. The zero-order valence-electron chi connectivity index (χ0n) is 6.21. The van der Waals surface area contributed by atoms with Gasteiger partial charge in [0, 0.05) is 6.04 Å². The van der Waals surface area contributed by atoms with Crippen LogP contribution in [-0.2, 0) is 0 Å². The number of rotatable bonds is 1. The Morgan fingerprint density at radius 1 is 1.55 bits per heavy atom. The highest BCUT2D eigenvalue weighted by Crippen LogP contribution is 2.25. The van der Waals surface area contributed by atoms with E-state index in [0.29, 0.717) is 4.47 Å². The number of hydrogen-bond donors (Lipinski definition) is 2. The molecule has 0 aliphatic carbocycles. The van der Waals surface area contributed by atoms with Gasteiger partial charge in [-0.1, -0.05) is 6.07 Å². The lowest BCUT2D eigenvalue weighted by atomic mass is 10.1. The van der Waals surface area contributed by atoms with Gasteiger partial charge in [0.25, 0.3) is 0 Å². The molecule has 1 aromatic carbocycles. The van der Waals surface area contributed by atoms with Crippen LogP contribution < -0.4 is 5.73 Å². The van der Waals surface area contributed by atoms with Crippen LogP contribution in [0.15, 0.2) is 22.7 Å². The molecule has 0 aromatic heterocycles. The van der Waals surface area contributed by atoms with Gasteiger partial charge in [-0.05, 0) is 40.5 Å².